The van der Waals surface area contributed by atoms with E-state index in [1.54, 1.807) is 6.07 Å². The van der Waals surface area contributed by atoms with Crippen LogP contribution < -0.4 is 10.2 Å². The van der Waals surface area contributed by atoms with Gasteiger partial charge in [0.1, 0.15) is 6.04 Å². The SMILES string of the molecule is CC1=C[C@H]2[C@@H]3C(=O)NC(=O)[C@@H]3[C@@H](C(=O)c3cccs3)N2c2ccccc21. The van der Waals surface area contributed by atoms with Gasteiger partial charge < -0.3 is 4.90 Å². The summed E-state index contributed by atoms with van der Waals surface area (Å²) in [5, 5.41) is 4.29. The summed E-state index contributed by atoms with van der Waals surface area (Å²) >= 11 is 1.37. The number of allylic oxidation sites excluding steroid dienone is 1. The van der Waals surface area contributed by atoms with E-state index in [1.165, 1.54) is 11.3 Å². The highest BCUT2D eigenvalue weighted by molar-refractivity contribution is 7.12. The molecule has 0 aliphatic carbocycles. The first-order valence-corrected chi connectivity index (χ1v) is 9.44. The number of fused-ring (bicyclic) bond motifs is 5. The van der Waals surface area contributed by atoms with Crippen LogP contribution in [0.3, 0.4) is 0 Å². The Bertz CT molecular complexity index is 979. The van der Waals surface area contributed by atoms with E-state index in [0.717, 1.165) is 16.8 Å². The van der Waals surface area contributed by atoms with Crippen LogP contribution in [0.1, 0.15) is 22.2 Å². The molecular formula is C20H16N2O3S. The molecule has 5 rings (SSSR count). The highest BCUT2D eigenvalue weighted by Crippen LogP contribution is 2.48. The first-order chi connectivity index (χ1) is 12.6. The fourth-order valence-corrected chi connectivity index (χ4v) is 5.28. The molecule has 0 unspecified atom stereocenters. The van der Waals surface area contributed by atoms with Gasteiger partial charge in [-0.25, -0.2) is 0 Å². The summed E-state index contributed by atoms with van der Waals surface area (Å²) in [6.07, 6.45) is 2.03. The molecule has 1 aromatic heterocycles. The molecule has 4 atom stereocenters. The van der Waals surface area contributed by atoms with Crippen molar-refractivity contribution in [3.05, 3.63) is 58.3 Å². The van der Waals surface area contributed by atoms with Crippen molar-refractivity contribution in [1.82, 2.24) is 5.32 Å². The zero-order valence-electron chi connectivity index (χ0n) is 14.0. The number of carbonyl (C=O) groups is 3. The van der Waals surface area contributed by atoms with Crippen LogP contribution in [0.25, 0.3) is 5.57 Å². The number of Topliss-reactive ketones (excluding diaryl/α,β-unsaturated/α-hetero) is 1. The molecule has 5 nitrogen and oxygen atoms in total. The van der Waals surface area contributed by atoms with E-state index in [1.807, 2.05) is 53.6 Å². The van der Waals surface area contributed by atoms with Crippen molar-refractivity contribution >= 4 is 40.2 Å². The van der Waals surface area contributed by atoms with E-state index in [2.05, 4.69) is 5.32 Å². The molecule has 1 aromatic carbocycles. The first kappa shape index (κ1) is 15.5. The van der Waals surface area contributed by atoms with Crippen molar-refractivity contribution in [3.63, 3.8) is 0 Å². The fourth-order valence-electron chi connectivity index (χ4n) is 4.58. The zero-order chi connectivity index (χ0) is 18.0. The number of hydrogen-bond acceptors (Lipinski definition) is 5. The fraction of sp³-hybridized carbons (Fsp3) is 0.250. The second-order valence-electron chi connectivity index (χ2n) is 6.96. The normalized spacial score (nSPS) is 29.0. The van der Waals surface area contributed by atoms with Crippen molar-refractivity contribution in [2.75, 3.05) is 4.90 Å². The molecule has 2 amide bonds. The zero-order valence-corrected chi connectivity index (χ0v) is 14.8. The number of para-hydroxylation sites is 1. The lowest BCUT2D eigenvalue weighted by atomic mass is 9.86. The molecule has 130 valence electrons. The molecule has 26 heavy (non-hydrogen) atoms. The number of carbonyl (C=O) groups excluding carboxylic acids is 3. The minimum absolute atomic E-state index is 0.0925. The van der Waals surface area contributed by atoms with E-state index >= 15 is 0 Å². The molecule has 0 spiro atoms. The Hall–Kier alpha value is -2.73. The van der Waals surface area contributed by atoms with Crippen molar-refractivity contribution < 1.29 is 14.4 Å². The number of thiophene rings is 1. The van der Waals surface area contributed by atoms with Crippen LogP contribution in [0.15, 0.2) is 47.9 Å². The average molecular weight is 364 g/mol. The predicted molar refractivity (Wildman–Crippen MR) is 98.9 cm³/mol. The van der Waals surface area contributed by atoms with E-state index in [9.17, 15) is 14.4 Å². The lowest BCUT2D eigenvalue weighted by Crippen LogP contribution is -2.48. The van der Waals surface area contributed by atoms with Crippen LogP contribution in [0, 0.1) is 11.8 Å². The molecule has 3 aliphatic rings. The predicted octanol–water partition coefficient (Wildman–Crippen LogP) is 2.49. The van der Waals surface area contributed by atoms with Crippen LogP contribution in [-0.4, -0.2) is 29.7 Å². The van der Waals surface area contributed by atoms with Gasteiger partial charge in [-0.15, -0.1) is 11.3 Å². The third-order valence-corrected chi connectivity index (χ3v) is 6.51. The van der Waals surface area contributed by atoms with E-state index in [0.29, 0.717) is 4.88 Å². The molecular weight excluding hydrogens is 348 g/mol. The largest absolute Gasteiger partial charge is 0.352 e. The quantitative estimate of drug-likeness (QED) is 0.657. The second kappa shape index (κ2) is 5.38. The van der Waals surface area contributed by atoms with Crippen molar-refractivity contribution in [1.29, 1.82) is 0 Å². The van der Waals surface area contributed by atoms with E-state index < -0.39 is 17.9 Å². The summed E-state index contributed by atoms with van der Waals surface area (Å²) in [6, 6.07) is 10.5. The highest BCUT2D eigenvalue weighted by atomic mass is 32.1. The van der Waals surface area contributed by atoms with Crippen molar-refractivity contribution in [2.45, 2.75) is 19.0 Å². The smallest absolute Gasteiger partial charge is 0.233 e. The lowest BCUT2D eigenvalue weighted by molar-refractivity contribution is -0.126. The lowest BCUT2D eigenvalue weighted by Gasteiger charge is -2.37. The number of anilines is 1. The molecule has 0 bridgehead atoms. The molecule has 0 radical (unpaired) electrons. The van der Waals surface area contributed by atoms with E-state index in [-0.39, 0.29) is 23.6 Å². The van der Waals surface area contributed by atoms with Gasteiger partial charge in [0, 0.05) is 11.3 Å². The van der Waals surface area contributed by atoms with Gasteiger partial charge >= 0.3 is 0 Å². The van der Waals surface area contributed by atoms with Gasteiger partial charge in [0.05, 0.1) is 22.8 Å². The minimum atomic E-state index is -0.666. The molecule has 6 heteroatoms. The van der Waals surface area contributed by atoms with Crippen LogP contribution in [0.2, 0.25) is 0 Å². The standard InChI is InChI=1S/C20H16N2O3S/c1-10-9-13-15-16(20(25)21-19(15)24)17(18(23)14-7-4-8-26-14)22(13)12-6-3-2-5-11(10)12/h2-9,13,15-17H,1H3,(H,21,24,25)/t13-,15-,16-,17-/m0/s1. The van der Waals surface area contributed by atoms with Crippen LogP contribution in [0.4, 0.5) is 5.69 Å². The summed E-state index contributed by atoms with van der Waals surface area (Å²) in [6.45, 7) is 2.01. The van der Waals surface area contributed by atoms with E-state index in [4.69, 9.17) is 0 Å². The topological polar surface area (TPSA) is 66.5 Å². The Balaban J connectivity index is 1.71. The number of nitrogens with one attached hydrogen (secondary N) is 1. The number of ketones is 1. The van der Waals surface area contributed by atoms with Crippen molar-refractivity contribution in [2.24, 2.45) is 11.8 Å². The summed E-state index contributed by atoms with van der Waals surface area (Å²) in [5.74, 6) is -1.89. The summed E-state index contributed by atoms with van der Waals surface area (Å²) in [5.41, 5.74) is 3.03. The van der Waals surface area contributed by atoms with Crippen LogP contribution in [-0.2, 0) is 9.59 Å². The molecule has 2 fully saturated rings. The second-order valence-corrected chi connectivity index (χ2v) is 7.90. The van der Waals surface area contributed by atoms with Crippen molar-refractivity contribution in [3.8, 4) is 0 Å². The molecule has 2 aromatic rings. The number of imide groups is 1. The number of rotatable bonds is 2. The van der Waals surface area contributed by atoms with Gasteiger partial charge in [-0.2, -0.15) is 0 Å². The first-order valence-electron chi connectivity index (χ1n) is 8.56. The molecule has 0 saturated carbocycles. The maximum Gasteiger partial charge on any atom is 0.233 e. The van der Waals surface area contributed by atoms with Gasteiger partial charge in [-0.05, 0) is 30.0 Å². The molecule has 3 aliphatic heterocycles. The Morgan fingerprint density at radius 3 is 2.62 bits per heavy atom. The maximum absolute atomic E-state index is 13.3. The summed E-state index contributed by atoms with van der Waals surface area (Å²) < 4.78 is 0. The molecule has 4 heterocycles. The van der Waals surface area contributed by atoms with Gasteiger partial charge in [0.2, 0.25) is 11.8 Å². The minimum Gasteiger partial charge on any atom is -0.352 e. The summed E-state index contributed by atoms with van der Waals surface area (Å²) in [4.78, 5) is 41.0. The Labute approximate surface area is 154 Å². The Morgan fingerprint density at radius 2 is 1.85 bits per heavy atom. The Morgan fingerprint density at radius 1 is 1.08 bits per heavy atom. The van der Waals surface area contributed by atoms with Gasteiger partial charge in [-0.3, -0.25) is 19.7 Å². The Kier molecular flexibility index (Phi) is 3.21. The van der Waals surface area contributed by atoms with Crippen LogP contribution in [0.5, 0.6) is 0 Å². The molecule has 1 N–H and O–H groups in total. The van der Waals surface area contributed by atoms with Crippen LogP contribution >= 0.6 is 11.3 Å². The summed E-state index contributed by atoms with van der Waals surface area (Å²) in [7, 11) is 0. The number of nitrogens with zero attached hydrogens (tertiary/aromatic N) is 1. The molecule has 2 saturated heterocycles. The monoisotopic (exact) mass is 364 g/mol. The number of hydrogen-bond donors (Lipinski definition) is 1. The number of amides is 2. The average Bonchev–Trinajstić information content (AvgIpc) is 3.33. The third-order valence-electron chi connectivity index (χ3n) is 5.63. The highest BCUT2D eigenvalue weighted by Gasteiger charge is 2.61. The van der Waals surface area contributed by atoms with Gasteiger partial charge in [0.15, 0.2) is 5.78 Å². The number of benzene rings is 1. The maximum atomic E-state index is 13.3. The van der Waals surface area contributed by atoms with Gasteiger partial charge in [0.25, 0.3) is 0 Å². The third kappa shape index (κ3) is 1.93. The van der Waals surface area contributed by atoms with Gasteiger partial charge in [-0.1, -0.05) is 30.3 Å².